The molecule has 0 saturated heterocycles. The molecule has 1 N–H and O–H groups in total. The number of carbonyl (C=O) groups is 1. The van der Waals surface area contributed by atoms with Gasteiger partial charge in [0.05, 0.1) is 5.02 Å². The number of hydrogen-bond donors (Lipinski definition) is 1. The number of carbonyl (C=O) groups excluding carboxylic acids is 1. The summed E-state index contributed by atoms with van der Waals surface area (Å²) in [6, 6.07) is 13.4. The van der Waals surface area contributed by atoms with Gasteiger partial charge >= 0.3 is 0 Å². The zero-order valence-corrected chi connectivity index (χ0v) is 13.6. The summed E-state index contributed by atoms with van der Waals surface area (Å²) in [7, 11) is 0. The van der Waals surface area contributed by atoms with Crippen LogP contribution in [0.2, 0.25) is 5.02 Å². The minimum absolute atomic E-state index is 0.0533. The van der Waals surface area contributed by atoms with Crippen molar-refractivity contribution in [2.75, 3.05) is 11.9 Å². The Morgan fingerprint density at radius 3 is 2.88 bits per heavy atom. The third-order valence-electron chi connectivity index (χ3n) is 3.38. The van der Waals surface area contributed by atoms with Crippen molar-refractivity contribution < 1.29 is 13.9 Å². The molecule has 0 aliphatic rings. The highest BCUT2D eigenvalue weighted by Crippen LogP contribution is 2.24. The predicted octanol–water partition coefficient (Wildman–Crippen LogP) is 4.35. The molecule has 3 rings (SSSR count). The van der Waals surface area contributed by atoms with Gasteiger partial charge in [-0.05, 0) is 37.3 Å². The number of aryl methyl sites for hydroxylation is 1. The van der Waals surface area contributed by atoms with Gasteiger partial charge in [0.25, 0.3) is 5.91 Å². The van der Waals surface area contributed by atoms with E-state index in [1.165, 1.54) is 18.2 Å². The fourth-order valence-electron chi connectivity index (χ4n) is 2.25. The number of halogens is 2. The minimum atomic E-state index is -0.539. The number of benzene rings is 2. The lowest BCUT2D eigenvalue weighted by Crippen LogP contribution is -2.20. The Balaban J connectivity index is 1.70. The van der Waals surface area contributed by atoms with E-state index in [-0.39, 0.29) is 17.5 Å². The van der Waals surface area contributed by atoms with E-state index in [4.69, 9.17) is 16.3 Å². The molecule has 0 bridgehead atoms. The van der Waals surface area contributed by atoms with Gasteiger partial charge in [-0.25, -0.2) is 9.37 Å². The molecule has 4 nitrogen and oxygen atoms in total. The molecule has 1 amide bonds. The maximum Gasteiger partial charge on any atom is 0.262 e. The smallest absolute Gasteiger partial charge is 0.262 e. The monoisotopic (exact) mass is 344 g/mol. The standard InChI is InChI=1S/C18H14ClFN2O2/c1-11-5-6-12-3-2-4-16(18(12)21-11)24-10-17(23)22-13-7-8-15(20)14(19)9-13/h2-9H,10H2,1H3,(H,22,23). The van der Waals surface area contributed by atoms with Crippen molar-refractivity contribution in [3.05, 3.63) is 65.1 Å². The number of para-hydroxylation sites is 1. The van der Waals surface area contributed by atoms with E-state index in [0.717, 1.165) is 11.1 Å². The number of ether oxygens (including phenoxy) is 1. The summed E-state index contributed by atoms with van der Waals surface area (Å²) in [5.74, 6) is -0.381. The lowest BCUT2D eigenvalue weighted by molar-refractivity contribution is -0.118. The van der Waals surface area contributed by atoms with E-state index in [0.29, 0.717) is 17.0 Å². The Labute approximate surface area is 143 Å². The van der Waals surface area contributed by atoms with Crippen molar-refractivity contribution in [3.8, 4) is 5.75 Å². The van der Waals surface area contributed by atoms with Crippen LogP contribution in [0.1, 0.15) is 5.69 Å². The molecule has 0 radical (unpaired) electrons. The van der Waals surface area contributed by atoms with Crippen LogP contribution < -0.4 is 10.1 Å². The van der Waals surface area contributed by atoms with Crippen LogP contribution in [-0.2, 0) is 4.79 Å². The van der Waals surface area contributed by atoms with E-state index in [2.05, 4.69) is 10.3 Å². The Morgan fingerprint density at radius 1 is 1.25 bits per heavy atom. The normalized spacial score (nSPS) is 10.6. The second-order valence-electron chi connectivity index (χ2n) is 5.25. The molecular formula is C18H14ClFN2O2. The molecule has 0 fully saturated rings. The van der Waals surface area contributed by atoms with E-state index < -0.39 is 5.82 Å². The zero-order chi connectivity index (χ0) is 17.1. The third kappa shape index (κ3) is 3.63. The minimum Gasteiger partial charge on any atom is -0.481 e. The number of fused-ring (bicyclic) bond motifs is 1. The molecule has 0 unspecified atom stereocenters. The first-order chi connectivity index (χ1) is 11.5. The molecule has 2 aromatic carbocycles. The van der Waals surface area contributed by atoms with Gasteiger partial charge < -0.3 is 10.1 Å². The fraction of sp³-hybridized carbons (Fsp3) is 0.111. The largest absolute Gasteiger partial charge is 0.481 e. The molecule has 1 heterocycles. The molecule has 6 heteroatoms. The van der Waals surface area contributed by atoms with Crippen LogP contribution in [0.4, 0.5) is 10.1 Å². The highest BCUT2D eigenvalue weighted by molar-refractivity contribution is 6.31. The van der Waals surface area contributed by atoms with Crippen LogP contribution in [0.3, 0.4) is 0 Å². The van der Waals surface area contributed by atoms with Crippen LogP contribution in [0, 0.1) is 12.7 Å². The summed E-state index contributed by atoms with van der Waals surface area (Å²) in [4.78, 5) is 16.4. The van der Waals surface area contributed by atoms with Gasteiger partial charge in [0.15, 0.2) is 6.61 Å². The lowest BCUT2D eigenvalue weighted by Gasteiger charge is -2.10. The van der Waals surface area contributed by atoms with E-state index in [1.807, 2.05) is 31.2 Å². The summed E-state index contributed by atoms with van der Waals surface area (Å²) in [6.07, 6.45) is 0. The molecule has 24 heavy (non-hydrogen) atoms. The van der Waals surface area contributed by atoms with Gasteiger partial charge in [0.1, 0.15) is 17.1 Å². The Kier molecular flexibility index (Phi) is 4.62. The lowest BCUT2D eigenvalue weighted by atomic mass is 10.2. The number of amides is 1. The van der Waals surface area contributed by atoms with E-state index in [1.54, 1.807) is 6.07 Å². The van der Waals surface area contributed by atoms with Crippen molar-refractivity contribution in [2.24, 2.45) is 0 Å². The fourth-order valence-corrected chi connectivity index (χ4v) is 2.43. The van der Waals surface area contributed by atoms with Crippen LogP contribution in [0.15, 0.2) is 48.5 Å². The van der Waals surface area contributed by atoms with Gasteiger partial charge in [-0.2, -0.15) is 0 Å². The number of aromatic nitrogens is 1. The molecule has 0 spiro atoms. The third-order valence-corrected chi connectivity index (χ3v) is 3.67. The van der Waals surface area contributed by atoms with Crippen LogP contribution in [0.25, 0.3) is 10.9 Å². The number of nitrogens with zero attached hydrogens (tertiary/aromatic N) is 1. The SMILES string of the molecule is Cc1ccc2cccc(OCC(=O)Nc3ccc(F)c(Cl)c3)c2n1. The topological polar surface area (TPSA) is 51.2 Å². The first-order valence-electron chi connectivity index (χ1n) is 7.27. The molecule has 0 saturated carbocycles. The summed E-state index contributed by atoms with van der Waals surface area (Å²) in [5.41, 5.74) is 1.97. The van der Waals surface area contributed by atoms with Crippen molar-refractivity contribution in [2.45, 2.75) is 6.92 Å². The van der Waals surface area contributed by atoms with Crippen LogP contribution in [-0.4, -0.2) is 17.5 Å². The number of hydrogen-bond acceptors (Lipinski definition) is 3. The van der Waals surface area contributed by atoms with E-state index >= 15 is 0 Å². The van der Waals surface area contributed by atoms with Crippen molar-refractivity contribution in [1.29, 1.82) is 0 Å². The quantitative estimate of drug-likeness (QED) is 0.765. The molecule has 0 atom stereocenters. The summed E-state index contributed by atoms with van der Waals surface area (Å²) >= 11 is 5.68. The number of nitrogens with one attached hydrogen (secondary N) is 1. The Hall–Kier alpha value is -2.66. The second-order valence-corrected chi connectivity index (χ2v) is 5.65. The Morgan fingerprint density at radius 2 is 2.08 bits per heavy atom. The van der Waals surface area contributed by atoms with Crippen molar-refractivity contribution in [1.82, 2.24) is 4.98 Å². The van der Waals surface area contributed by atoms with Crippen LogP contribution >= 0.6 is 11.6 Å². The number of pyridine rings is 1. The predicted molar refractivity (Wildman–Crippen MR) is 92.0 cm³/mol. The van der Waals surface area contributed by atoms with Crippen LogP contribution in [0.5, 0.6) is 5.75 Å². The molecule has 1 aromatic heterocycles. The maximum absolute atomic E-state index is 13.1. The summed E-state index contributed by atoms with van der Waals surface area (Å²) in [5, 5.41) is 3.49. The molecule has 0 aliphatic carbocycles. The van der Waals surface area contributed by atoms with Gasteiger partial charge in [0, 0.05) is 16.8 Å². The number of anilines is 1. The van der Waals surface area contributed by atoms with E-state index in [9.17, 15) is 9.18 Å². The molecule has 0 aliphatic heterocycles. The van der Waals surface area contributed by atoms with Crippen molar-refractivity contribution in [3.63, 3.8) is 0 Å². The zero-order valence-electron chi connectivity index (χ0n) is 12.8. The first-order valence-corrected chi connectivity index (χ1v) is 7.65. The first kappa shape index (κ1) is 16.2. The maximum atomic E-state index is 13.1. The highest BCUT2D eigenvalue weighted by atomic mass is 35.5. The Bertz CT molecular complexity index is 915. The van der Waals surface area contributed by atoms with Gasteiger partial charge in [-0.15, -0.1) is 0 Å². The summed E-state index contributed by atoms with van der Waals surface area (Å²) in [6.45, 7) is 1.70. The highest BCUT2D eigenvalue weighted by Gasteiger charge is 2.09. The molecule has 122 valence electrons. The van der Waals surface area contributed by atoms with Gasteiger partial charge in [-0.1, -0.05) is 29.8 Å². The molecule has 3 aromatic rings. The summed E-state index contributed by atoms with van der Waals surface area (Å²) < 4.78 is 18.7. The molecular weight excluding hydrogens is 331 g/mol. The second kappa shape index (κ2) is 6.84. The number of rotatable bonds is 4. The average molecular weight is 345 g/mol. The van der Waals surface area contributed by atoms with Crippen molar-refractivity contribution >= 4 is 34.1 Å². The average Bonchev–Trinajstić information content (AvgIpc) is 2.56. The van der Waals surface area contributed by atoms with Gasteiger partial charge in [-0.3, -0.25) is 4.79 Å². The van der Waals surface area contributed by atoms with Gasteiger partial charge in [0.2, 0.25) is 0 Å².